The Hall–Kier alpha value is -1.44. The first-order chi connectivity index (χ1) is 14.2. The highest BCUT2D eigenvalue weighted by Gasteiger charge is 2.53. The fraction of sp³-hybridized carbons (Fsp3) is 0.423. The molecule has 1 N–H and O–H groups in total. The molecule has 1 aliphatic heterocycles. The normalized spacial score (nSPS) is 18.2. The molecule has 5 heteroatoms. The second-order valence-corrected chi connectivity index (χ2v) is 27.1. The maximum atomic E-state index is 12.7. The molecule has 163 valence electrons. The average Bonchev–Trinajstić information content (AvgIpc) is 3.10. The third-order valence-electron chi connectivity index (χ3n) is 8.01. The van der Waals surface area contributed by atoms with E-state index in [1.54, 1.807) is 0 Å². The van der Waals surface area contributed by atoms with Crippen molar-refractivity contribution in [2.45, 2.75) is 72.1 Å². The Balaban J connectivity index is 2.14. The molecule has 2 nitrogen and oxygen atoms in total. The molecule has 0 atom stereocenters. The first kappa shape index (κ1) is 22.7. The molecule has 1 amide bonds. The van der Waals surface area contributed by atoms with Gasteiger partial charge in [-0.05, 0) is 62.5 Å². The second kappa shape index (κ2) is 7.03. The topological polar surface area (TPSA) is 40.9 Å². The zero-order chi connectivity index (χ0) is 23.1. The summed E-state index contributed by atoms with van der Waals surface area (Å²) in [6.07, 6.45) is 4.33. The van der Waals surface area contributed by atoms with E-state index in [4.69, 9.17) is 5.73 Å². The summed E-state index contributed by atoms with van der Waals surface area (Å²) in [6, 6.07) is 6.74. The minimum atomic E-state index is -1.82. The number of carbonyl (C=O) groups excluding carboxylic acids is 1. The van der Waals surface area contributed by atoms with Gasteiger partial charge in [-0.3, -0.25) is 10.5 Å². The van der Waals surface area contributed by atoms with E-state index >= 15 is 0 Å². The van der Waals surface area contributed by atoms with Crippen LogP contribution in [0.2, 0.25) is 26.2 Å². The zero-order valence-electron chi connectivity index (χ0n) is 20.0. The lowest BCUT2D eigenvalue weighted by atomic mass is 9.82. The smallest absolute Gasteiger partial charge is 0.267 e. The van der Waals surface area contributed by atoms with E-state index in [2.05, 4.69) is 94.1 Å². The molecule has 31 heavy (non-hydrogen) atoms. The van der Waals surface area contributed by atoms with Gasteiger partial charge < -0.3 is 0 Å². The number of hydrogen-bond acceptors (Lipinski definition) is 1. The van der Waals surface area contributed by atoms with E-state index in [-0.39, 0.29) is 5.41 Å². The van der Waals surface area contributed by atoms with Gasteiger partial charge in [-0.1, -0.05) is 93.6 Å². The van der Waals surface area contributed by atoms with Crippen LogP contribution in [0.15, 0.2) is 28.2 Å². The number of benzene rings is 2. The Bertz CT molecular complexity index is 1170. The van der Waals surface area contributed by atoms with Crippen LogP contribution in [0.1, 0.15) is 61.2 Å². The monoisotopic (exact) mass is 510 g/mol. The van der Waals surface area contributed by atoms with Gasteiger partial charge in [0.15, 0.2) is 0 Å². The molecule has 0 spiro atoms. The van der Waals surface area contributed by atoms with Crippen LogP contribution in [-0.4, -0.2) is 21.1 Å². The van der Waals surface area contributed by atoms with Gasteiger partial charge in [0.25, 0.3) is 5.91 Å². The van der Waals surface area contributed by atoms with Crippen LogP contribution in [0.25, 0.3) is 17.2 Å². The molecule has 0 unspecified atom stereocenters. The molecule has 2 aromatic rings. The third-order valence-corrected chi connectivity index (χ3v) is 27.1. The SMILES string of the molecule is CCC1=Cc2cc(C(C)(C)C)cc(-c3c(C([NH])=O)cc4c(Br)c3[Si](C)(C)[Si]4(C)C)c2C1. The molecule has 0 fully saturated rings. The number of fused-ring (bicyclic) bond motifs is 3. The first-order valence-corrected chi connectivity index (χ1v) is 19.0. The van der Waals surface area contributed by atoms with Crippen LogP contribution < -0.4 is 16.1 Å². The van der Waals surface area contributed by atoms with E-state index in [9.17, 15) is 4.79 Å². The summed E-state index contributed by atoms with van der Waals surface area (Å²) < 4.78 is 1.22. The number of hydrogen-bond donors (Lipinski definition) is 0. The minimum absolute atomic E-state index is 0.0101. The molecule has 1 aliphatic carbocycles. The van der Waals surface area contributed by atoms with Crippen LogP contribution >= 0.6 is 15.9 Å². The zero-order valence-corrected chi connectivity index (χ0v) is 23.6. The highest BCUT2D eigenvalue weighted by molar-refractivity contribution is 9.11. The van der Waals surface area contributed by atoms with Crippen molar-refractivity contribution in [2.75, 3.05) is 0 Å². The average molecular weight is 512 g/mol. The molecule has 2 bridgehead atoms. The lowest BCUT2D eigenvalue weighted by Gasteiger charge is -2.33. The fourth-order valence-electron chi connectivity index (χ4n) is 5.21. The summed E-state index contributed by atoms with van der Waals surface area (Å²) in [5, 5.41) is 2.70. The summed E-state index contributed by atoms with van der Waals surface area (Å²) in [4.78, 5) is 12.7. The van der Waals surface area contributed by atoms with E-state index in [1.165, 1.54) is 42.7 Å². The van der Waals surface area contributed by atoms with Crippen molar-refractivity contribution in [2.24, 2.45) is 0 Å². The molecule has 0 saturated carbocycles. The Morgan fingerprint density at radius 2 is 1.74 bits per heavy atom. The van der Waals surface area contributed by atoms with Gasteiger partial charge in [0, 0.05) is 10.0 Å². The third kappa shape index (κ3) is 3.18. The van der Waals surface area contributed by atoms with Gasteiger partial charge in [-0.2, -0.15) is 0 Å². The molecule has 0 saturated heterocycles. The maximum Gasteiger partial charge on any atom is 0.270 e. The number of carbonyl (C=O) groups is 1. The van der Waals surface area contributed by atoms with Crippen LogP contribution in [0, 0.1) is 0 Å². The van der Waals surface area contributed by atoms with E-state index in [0.29, 0.717) is 5.56 Å². The highest BCUT2D eigenvalue weighted by atomic mass is 79.9. The van der Waals surface area contributed by atoms with Crippen molar-refractivity contribution in [1.29, 1.82) is 0 Å². The number of halogens is 1. The molecular weight excluding hydrogens is 478 g/mol. The predicted octanol–water partition coefficient (Wildman–Crippen LogP) is 6.11. The van der Waals surface area contributed by atoms with Gasteiger partial charge in [-0.15, -0.1) is 0 Å². The van der Waals surface area contributed by atoms with E-state index < -0.39 is 21.1 Å². The molecule has 2 aliphatic rings. The minimum Gasteiger partial charge on any atom is -0.267 e. The van der Waals surface area contributed by atoms with Crippen molar-refractivity contribution in [3.05, 3.63) is 50.5 Å². The molecule has 1 radical (unpaired) electrons. The quantitative estimate of drug-likeness (QED) is 0.459. The standard InChI is InChI=1S/C26H33BrNOSi2/c1-9-15-10-16-12-17(26(2,3)4)13-19(18(16)11-15)22-20(25(28)29)14-21-23(27)24(22)31(7,8)30(21,5)6/h10,12-14,28H,9,11H2,1-8H3. The van der Waals surface area contributed by atoms with Crippen molar-refractivity contribution in [3.8, 4) is 11.1 Å². The van der Waals surface area contributed by atoms with Crippen LogP contribution in [-0.2, 0) is 11.8 Å². The summed E-state index contributed by atoms with van der Waals surface area (Å²) >= 11 is 3.97. The van der Waals surface area contributed by atoms with E-state index in [0.717, 1.165) is 18.4 Å². The molecular formula is C26H33BrNOSi2. The lowest BCUT2D eigenvalue weighted by Crippen LogP contribution is -2.63. The number of rotatable bonds is 3. The largest absolute Gasteiger partial charge is 0.270 e. The van der Waals surface area contributed by atoms with Crippen LogP contribution in [0.4, 0.5) is 0 Å². The van der Waals surface area contributed by atoms with Gasteiger partial charge in [-0.25, -0.2) is 0 Å². The maximum absolute atomic E-state index is 12.7. The number of allylic oxidation sites excluding steroid dienone is 1. The van der Waals surface area contributed by atoms with Gasteiger partial charge in [0.2, 0.25) is 0 Å². The summed E-state index contributed by atoms with van der Waals surface area (Å²) in [5.74, 6) is -0.557. The molecule has 2 aromatic carbocycles. The van der Waals surface area contributed by atoms with Crippen LogP contribution in [0.3, 0.4) is 0 Å². The van der Waals surface area contributed by atoms with Crippen molar-refractivity contribution in [3.63, 3.8) is 0 Å². The van der Waals surface area contributed by atoms with Crippen LogP contribution in [0.5, 0.6) is 0 Å². The fourth-order valence-corrected chi connectivity index (χ4v) is 19.0. The summed E-state index contributed by atoms with van der Waals surface area (Å²) in [6.45, 7) is 18.8. The molecule has 1 heterocycles. The van der Waals surface area contributed by atoms with Crippen molar-refractivity contribution in [1.82, 2.24) is 5.73 Å². The molecule has 0 aromatic heterocycles. The lowest BCUT2D eigenvalue weighted by molar-refractivity contribution is 0.0993. The second-order valence-electron chi connectivity index (χ2n) is 11.3. The molecule has 4 rings (SSSR count). The van der Waals surface area contributed by atoms with Crippen molar-refractivity contribution >= 4 is 53.5 Å². The van der Waals surface area contributed by atoms with Gasteiger partial charge in [0.05, 0.1) is 15.2 Å². The Morgan fingerprint density at radius 1 is 1.10 bits per heavy atom. The Morgan fingerprint density at radius 3 is 2.29 bits per heavy atom. The summed E-state index contributed by atoms with van der Waals surface area (Å²) in [5.41, 5.74) is 16.4. The number of amides is 1. The van der Waals surface area contributed by atoms with E-state index in [1.807, 2.05) is 0 Å². The first-order valence-electron chi connectivity index (χ1n) is 11.2. The Kier molecular flexibility index (Phi) is 5.16. The van der Waals surface area contributed by atoms with Crippen molar-refractivity contribution < 1.29 is 4.79 Å². The summed E-state index contributed by atoms with van der Waals surface area (Å²) in [7, 11) is -3.55. The van der Waals surface area contributed by atoms with Gasteiger partial charge >= 0.3 is 0 Å². The van der Waals surface area contributed by atoms with Gasteiger partial charge in [0.1, 0.15) is 0 Å². The highest BCUT2D eigenvalue weighted by Crippen LogP contribution is 2.43. The number of nitrogens with one attached hydrogen (secondary N) is 1. The predicted molar refractivity (Wildman–Crippen MR) is 142 cm³/mol. The Labute approximate surface area is 197 Å².